The lowest BCUT2D eigenvalue weighted by Crippen LogP contribution is -2.32. The third kappa shape index (κ3) is 3.35. The minimum absolute atomic E-state index is 0.424. The first-order valence-corrected chi connectivity index (χ1v) is 9.27. The highest BCUT2D eigenvalue weighted by molar-refractivity contribution is 9.11. The van der Waals surface area contributed by atoms with Crippen molar-refractivity contribution in [3.05, 3.63) is 15.9 Å². The Morgan fingerprint density at radius 2 is 2.00 bits per heavy atom. The van der Waals surface area contributed by atoms with Crippen molar-refractivity contribution in [1.29, 1.82) is 0 Å². The van der Waals surface area contributed by atoms with Crippen LogP contribution in [0, 0.1) is 5.92 Å². The van der Waals surface area contributed by atoms with E-state index in [1.165, 1.54) is 34.9 Å². The zero-order valence-electron chi connectivity index (χ0n) is 10.4. The van der Waals surface area contributed by atoms with Gasteiger partial charge in [0.05, 0.1) is 3.79 Å². The first-order chi connectivity index (χ1) is 8.50. The van der Waals surface area contributed by atoms with Crippen molar-refractivity contribution in [2.24, 2.45) is 5.92 Å². The fourth-order valence-corrected chi connectivity index (χ4v) is 5.89. The van der Waals surface area contributed by atoms with Crippen molar-refractivity contribution < 1.29 is 8.42 Å². The average Bonchev–Trinajstić information content (AvgIpc) is 2.78. The molecule has 1 aliphatic rings. The topological polar surface area (TPSA) is 37.4 Å². The highest BCUT2D eigenvalue weighted by Gasteiger charge is 2.25. The van der Waals surface area contributed by atoms with Gasteiger partial charge in [0.1, 0.15) is 4.21 Å². The number of hydrogen-bond donors (Lipinski definition) is 0. The summed E-state index contributed by atoms with van der Waals surface area (Å²) in [6.07, 6.45) is 6.10. The van der Waals surface area contributed by atoms with Gasteiger partial charge in [-0.1, -0.05) is 19.3 Å². The quantitative estimate of drug-likeness (QED) is 0.828. The highest BCUT2D eigenvalue weighted by atomic mass is 79.9. The van der Waals surface area contributed by atoms with Gasteiger partial charge >= 0.3 is 0 Å². The fraction of sp³-hybridized carbons (Fsp3) is 0.667. The van der Waals surface area contributed by atoms with Crippen LogP contribution in [0.15, 0.2) is 20.1 Å². The molecule has 0 amide bonds. The maximum Gasteiger partial charge on any atom is 0.252 e. The Bertz CT molecular complexity index is 492. The second kappa shape index (κ2) is 6.03. The molecule has 1 aromatic rings. The minimum Gasteiger partial charge on any atom is -0.206 e. The highest BCUT2D eigenvalue weighted by Crippen LogP contribution is 2.30. The lowest BCUT2D eigenvalue weighted by Gasteiger charge is -2.26. The zero-order chi connectivity index (χ0) is 13.2. The molecule has 1 heterocycles. The van der Waals surface area contributed by atoms with E-state index in [1.807, 2.05) is 0 Å². The number of sulfonamides is 1. The molecule has 18 heavy (non-hydrogen) atoms. The molecule has 3 nitrogen and oxygen atoms in total. The van der Waals surface area contributed by atoms with Gasteiger partial charge in [0, 0.05) is 13.6 Å². The fourth-order valence-electron chi connectivity index (χ4n) is 2.42. The van der Waals surface area contributed by atoms with E-state index < -0.39 is 10.0 Å². The molecule has 0 aromatic carbocycles. The molecule has 1 fully saturated rings. The van der Waals surface area contributed by atoms with E-state index in [-0.39, 0.29) is 0 Å². The molecule has 0 aliphatic heterocycles. The number of nitrogens with zero attached hydrogens (tertiary/aromatic N) is 1. The Balaban J connectivity index is 2.05. The molecule has 0 bridgehead atoms. The lowest BCUT2D eigenvalue weighted by molar-refractivity contribution is 0.300. The van der Waals surface area contributed by atoms with Gasteiger partial charge in [-0.3, -0.25) is 0 Å². The normalized spacial score (nSPS) is 18.4. The second-order valence-electron chi connectivity index (χ2n) is 4.85. The molecule has 1 aliphatic carbocycles. The van der Waals surface area contributed by atoms with Crippen LogP contribution in [-0.4, -0.2) is 26.3 Å². The van der Waals surface area contributed by atoms with Gasteiger partial charge in [-0.2, -0.15) is 4.31 Å². The maximum atomic E-state index is 12.3. The van der Waals surface area contributed by atoms with E-state index in [2.05, 4.69) is 15.9 Å². The van der Waals surface area contributed by atoms with Crippen LogP contribution in [0.4, 0.5) is 0 Å². The molecule has 0 radical (unpaired) electrons. The molecule has 1 aromatic heterocycles. The van der Waals surface area contributed by atoms with Crippen LogP contribution in [0.2, 0.25) is 0 Å². The summed E-state index contributed by atoms with van der Waals surface area (Å²) in [4.78, 5) is 0. The largest absolute Gasteiger partial charge is 0.252 e. The molecular formula is C12H18BrNO2S2. The van der Waals surface area contributed by atoms with Gasteiger partial charge in [-0.05, 0) is 46.8 Å². The van der Waals surface area contributed by atoms with Crippen LogP contribution < -0.4 is 0 Å². The predicted octanol–water partition coefficient (Wildman–Crippen LogP) is 3.71. The Morgan fingerprint density at radius 1 is 1.33 bits per heavy atom. The molecule has 0 atom stereocenters. The van der Waals surface area contributed by atoms with Gasteiger partial charge in [0.2, 0.25) is 0 Å². The molecule has 2 rings (SSSR count). The minimum atomic E-state index is -3.30. The molecule has 102 valence electrons. The monoisotopic (exact) mass is 351 g/mol. The summed E-state index contributed by atoms with van der Waals surface area (Å²) in [5, 5.41) is 0. The van der Waals surface area contributed by atoms with Crippen LogP contribution in [0.1, 0.15) is 32.1 Å². The van der Waals surface area contributed by atoms with E-state index in [0.29, 0.717) is 16.7 Å². The standard InChI is InChI=1S/C12H18BrNO2S2/c1-14(9-10-5-3-2-4-6-10)18(15,16)12-8-7-11(13)17-12/h7-8,10H,2-6,9H2,1H3. The van der Waals surface area contributed by atoms with E-state index in [9.17, 15) is 8.42 Å². The zero-order valence-corrected chi connectivity index (χ0v) is 13.7. The third-order valence-electron chi connectivity index (χ3n) is 3.45. The van der Waals surface area contributed by atoms with Crippen LogP contribution in [0.25, 0.3) is 0 Å². The number of hydrogen-bond acceptors (Lipinski definition) is 3. The Labute approximate surface area is 121 Å². The molecule has 0 spiro atoms. The maximum absolute atomic E-state index is 12.3. The van der Waals surface area contributed by atoms with Crippen LogP contribution in [0.5, 0.6) is 0 Å². The van der Waals surface area contributed by atoms with Crippen molar-refractivity contribution in [2.75, 3.05) is 13.6 Å². The average molecular weight is 352 g/mol. The second-order valence-corrected chi connectivity index (χ2v) is 9.58. The molecule has 0 N–H and O–H groups in total. The molecular weight excluding hydrogens is 334 g/mol. The van der Waals surface area contributed by atoms with Crippen LogP contribution >= 0.6 is 27.3 Å². The van der Waals surface area contributed by atoms with Crippen molar-refractivity contribution >= 4 is 37.3 Å². The van der Waals surface area contributed by atoms with E-state index >= 15 is 0 Å². The van der Waals surface area contributed by atoms with E-state index in [0.717, 1.165) is 16.6 Å². The molecule has 0 unspecified atom stereocenters. The summed E-state index contributed by atoms with van der Waals surface area (Å²) < 4.78 is 27.5. The summed E-state index contributed by atoms with van der Waals surface area (Å²) in [5.41, 5.74) is 0. The van der Waals surface area contributed by atoms with Gasteiger partial charge in [0.25, 0.3) is 10.0 Å². The van der Waals surface area contributed by atoms with Gasteiger partial charge in [-0.15, -0.1) is 11.3 Å². The van der Waals surface area contributed by atoms with Crippen LogP contribution in [-0.2, 0) is 10.0 Å². The van der Waals surface area contributed by atoms with Crippen molar-refractivity contribution in [1.82, 2.24) is 4.31 Å². The smallest absolute Gasteiger partial charge is 0.206 e. The Morgan fingerprint density at radius 3 is 2.56 bits per heavy atom. The summed E-state index contributed by atoms with van der Waals surface area (Å²) in [5.74, 6) is 0.530. The lowest BCUT2D eigenvalue weighted by atomic mass is 9.89. The summed E-state index contributed by atoms with van der Waals surface area (Å²) in [6.45, 7) is 0.651. The summed E-state index contributed by atoms with van der Waals surface area (Å²) in [7, 11) is -1.60. The predicted molar refractivity (Wildman–Crippen MR) is 78.4 cm³/mol. The van der Waals surface area contributed by atoms with E-state index in [1.54, 1.807) is 19.2 Å². The van der Waals surface area contributed by atoms with Crippen molar-refractivity contribution in [3.63, 3.8) is 0 Å². The SMILES string of the molecule is CN(CC1CCCCC1)S(=O)(=O)c1ccc(Br)s1. The van der Waals surface area contributed by atoms with Crippen molar-refractivity contribution in [2.45, 2.75) is 36.3 Å². The number of thiophene rings is 1. The first-order valence-electron chi connectivity index (χ1n) is 6.22. The summed E-state index contributed by atoms with van der Waals surface area (Å²) in [6, 6.07) is 3.45. The number of rotatable bonds is 4. The van der Waals surface area contributed by atoms with Gasteiger partial charge in [-0.25, -0.2) is 8.42 Å². The van der Waals surface area contributed by atoms with Crippen LogP contribution in [0.3, 0.4) is 0 Å². The molecule has 6 heteroatoms. The Kier molecular flexibility index (Phi) is 4.86. The van der Waals surface area contributed by atoms with Gasteiger partial charge < -0.3 is 0 Å². The summed E-state index contributed by atoms with van der Waals surface area (Å²) >= 11 is 4.58. The van der Waals surface area contributed by atoms with E-state index in [4.69, 9.17) is 0 Å². The molecule has 1 saturated carbocycles. The molecule has 0 saturated heterocycles. The third-order valence-corrected chi connectivity index (χ3v) is 7.37. The number of halogens is 1. The first kappa shape index (κ1) is 14.5. The van der Waals surface area contributed by atoms with Crippen molar-refractivity contribution in [3.8, 4) is 0 Å². The Hall–Kier alpha value is 0.0900. The van der Waals surface area contributed by atoms with Gasteiger partial charge in [0.15, 0.2) is 0 Å².